The molecule has 3 N–H and O–H groups in total. The number of aliphatic hydroxyl groups excluding tert-OH is 2. The van der Waals surface area contributed by atoms with Gasteiger partial charge in [-0.3, -0.25) is 0 Å². The summed E-state index contributed by atoms with van der Waals surface area (Å²) in [5, 5.41) is 29.7. The Morgan fingerprint density at radius 1 is 0.711 bits per heavy atom. The Morgan fingerprint density at radius 3 is 1.78 bits per heavy atom. The van der Waals surface area contributed by atoms with Crippen molar-refractivity contribution in [2.75, 3.05) is 26.8 Å². The molecule has 8 nitrogen and oxygen atoms in total. The minimum Gasteiger partial charge on any atom is -0.507 e. The van der Waals surface area contributed by atoms with Gasteiger partial charge in [0, 0.05) is 46.6 Å². The molecule has 0 amide bonds. The van der Waals surface area contributed by atoms with Crippen molar-refractivity contribution < 1.29 is 39.0 Å². The fourth-order valence-corrected chi connectivity index (χ4v) is 7.70. The summed E-state index contributed by atoms with van der Waals surface area (Å²) in [4.78, 5) is 0. The summed E-state index contributed by atoms with van der Waals surface area (Å²) >= 11 is 0. The first-order chi connectivity index (χ1) is 21.9. The van der Waals surface area contributed by atoms with Crippen LogP contribution in [0.15, 0.2) is 30.3 Å². The Labute approximate surface area is 265 Å². The molecule has 0 radical (unpaired) electrons. The van der Waals surface area contributed by atoms with E-state index in [4.69, 9.17) is 23.7 Å². The van der Waals surface area contributed by atoms with Gasteiger partial charge >= 0.3 is 0 Å². The van der Waals surface area contributed by atoms with Gasteiger partial charge in [0.15, 0.2) is 23.0 Å². The molecule has 7 rings (SSSR count). The van der Waals surface area contributed by atoms with Crippen LogP contribution in [0.5, 0.6) is 34.5 Å². The second kappa shape index (κ2) is 13.4. The first-order valence-corrected chi connectivity index (χ1v) is 16.4. The normalized spacial score (nSPS) is 22.3. The number of hydrogen-bond donors (Lipinski definition) is 3. The number of fused-ring (bicyclic) bond motifs is 6. The third kappa shape index (κ3) is 5.79. The second-order valence-corrected chi connectivity index (χ2v) is 12.8. The fraction of sp³-hybridized carbons (Fsp3) is 0.514. The van der Waals surface area contributed by atoms with Crippen molar-refractivity contribution in [1.29, 1.82) is 0 Å². The monoisotopic (exact) mass is 618 g/mol. The highest BCUT2D eigenvalue weighted by Gasteiger charge is 2.38. The van der Waals surface area contributed by atoms with E-state index in [-0.39, 0.29) is 38.6 Å². The van der Waals surface area contributed by atoms with E-state index in [1.54, 1.807) is 0 Å². The highest BCUT2D eigenvalue weighted by molar-refractivity contribution is 5.66. The molecule has 4 atom stereocenters. The number of hydrogen-bond acceptors (Lipinski definition) is 8. The molecule has 0 aromatic heterocycles. The predicted molar refractivity (Wildman–Crippen MR) is 171 cm³/mol. The van der Waals surface area contributed by atoms with Crippen molar-refractivity contribution in [2.24, 2.45) is 11.8 Å². The number of aliphatic hydroxyl groups is 2. The largest absolute Gasteiger partial charge is 0.507 e. The van der Waals surface area contributed by atoms with Crippen LogP contribution in [0.1, 0.15) is 90.3 Å². The molecule has 242 valence electrons. The average Bonchev–Trinajstić information content (AvgIpc) is 3.78. The Kier molecular flexibility index (Phi) is 9.33. The van der Waals surface area contributed by atoms with E-state index in [2.05, 4.69) is 26.0 Å². The molecule has 0 saturated heterocycles. The topological polar surface area (TPSA) is 107 Å². The molecule has 3 aromatic rings. The van der Waals surface area contributed by atoms with E-state index in [1.165, 1.54) is 11.1 Å². The molecule has 8 heteroatoms. The molecule has 4 aliphatic rings. The number of benzene rings is 3. The minimum atomic E-state index is 0.170. The molecule has 0 saturated carbocycles. The van der Waals surface area contributed by atoms with Crippen LogP contribution in [-0.4, -0.2) is 42.1 Å². The SMILES string of the molecule is CC[C@@H]1C[C@H](CO)Cc2c(O)c(C)c3c(c21)OCO3.CC[C@@H]1C[C@H](CO)Cc2c(OCc3ccccc3)c(C)c3c(c21)OCO3. The van der Waals surface area contributed by atoms with Crippen molar-refractivity contribution in [2.45, 2.75) is 84.7 Å². The summed E-state index contributed by atoms with van der Waals surface area (Å²) < 4.78 is 29.1. The lowest BCUT2D eigenvalue weighted by molar-refractivity contribution is 0.170. The number of ether oxygens (including phenoxy) is 5. The first kappa shape index (κ1) is 31.4. The molecule has 0 fully saturated rings. The maximum absolute atomic E-state index is 10.4. The van der Waals surface area contributed by atoms with Gasteiger partial charge in [0.1, 0.15) is 18.1 Å². The smallest absolute Gasteiger partial charge is 0.231 e. The fourth-order valence-electron chi connectivity index (χ4n) is 7.70. The maximum atomic E-state index is 10.4. The minimum absolute atomic E-state index is 0.170. The van der Waals surface area contributed by atoms with Crippen LogP contribution in [0.4, 0.5) is 0 Å². The number of aromatic hydroxyl groups is 1. The standard InChI is InChI=1S/C22H26O4.C15H20O4/c1-3-17-9-16(11-23)10-18-19(17)22-21(25-13-26-22)14(2)20(18)24-12-15-7-5-4-6-8-15;1-3-10-4-9(6-16)5-11-12(10)15-14(18-7-19-15)8(2)13(11)17/h4-8,16-17,23H,3,9-13H2,1-2H3;9-10,16-17H,3-7H2,1-2H3/t16-,17+;9-,10+/m00/s1. The molecule has 2 aliphatic heterocycles. The van der Waals surface area contributed by atoms with Crippen molar-refractivity contribution in [3.05, 3.63) is 69.3 Å². The number of phenolic OH excluding ortho intramolecular Hbond substituents is 1. The van der Waals surface area contributed by atoms with Gasteiger partial charge in [0.05, 0.1) is 0 Å². The lowest BCUT2D eigenvalue weighted by atomic mass is 9.74. The van der Waals surface area contributed by atoms with Gasteiger partial charge in [-0.1, -0.05) is 44.2 Å². The Balaban J connectivity index is 0.000000167. The van der Waals surface area contributed by atoms with Crippen molar-refractivity contribution in [3.8, 4) is 34.5 Å². The zero-order chi connectivity index (χ0) is 31.7. The van der Waals surface area contributed by atoms with Crippen molar-refractivity contribution in [3.63, 3.8) is 0 Å². The number of phenols is 1. The van der Waals surface area contributed by atoms with E-state index >= 15 is 0 Å². The summed E-state index contributed by atoms with van der Waals surface area (Å²) in [6.45, 7) is 9.62. The molecule has 2 heterocycles. The molecule has 0 bridgehead atoms. The summed E-state index contributed by atoms with van der Waals surface area (Å²) in [6, 6.07) is 10.2. The van der Waals surface area contributed by atoms with Gasteiger partial charge < -0.3 is 39.0 Å². The molecule has 0 spiro atoms. The van der Waals surface area contributed by atoms with E-state index in [0.717, 1.165) is 82.9 Å². The van der Waals surface area contributed by atoms with Crippen LogP contribution >= 0.6 is 0 Å². The Hall–Kier alpha value is -3.62. The zero-order valence-corrected chi connectivity index (χ0v) is 26.9. The molecular formula is C37H46O8. The third-order valence-corrected chi connectivity index (χ3v) is 10.1. The summed E-state index contributed by atoms with van der Waals surface area (Å²) in [5.74, 6) is 5.63. The van der Waals surface area contributed by atoms with Crippen molar-refractivity contribution in [1.82, 2.24) is 0 Å². The van der Waals surface area contributed by atoms with Gasteiger partial charge in [-0.2, -0.15) is 0 Å². The number of rotatable bonds is 7. The van der Waals surface area contributed by atoms with E-state index in [1.807, 2.05) is 32.0 Å². The predicted octanol–water partition coefficient (Wildman–Crippen LogP) is 6.83. The van der Waals surface area contributed by atoms with Gasteiger partial charge in [-0.15, -0.1) is 0 Å². The van der Waals surface area contributed by atoms with Crippen molar-refractivity contribution >= 4 is 0 Å². The molecule has 3 aromatic carbocycles. The highest BCUT2D eigenvalue weighted by atomic mass is 16.7. The Bertz CT molecular complexity index is 1520. The first-order valence-electron chi connectivity index (χ1n) is 16.4. The Morgan fingerprint density at radius 2 is 1.22 bits per heavy atom. The van der Waals surface area contributed by atoms with Crippen LogP contribution in [0, 0.1) is 25.7 Å². The van der Waals surface area contributed by atoms with Crippen LogP contribution < -0.4 is 23.7 Å². The highest BCUT2D eigenvalue weighted by Crippen LogP contribution is 2.55. The van der Waals surface area contributed by atoms with E-state index in [9.17, 15) is 15.3 Å². The quantitative estimate of drug-likeness (QED) is 0.265. The van der Waals surface area contributed by atoms with Gasteiger partial charge in [0.2, 0.25) is 13.6 Å². The molecule has 2 aliphatic carbocycles. The van der Waals surface area contributed by atoms with Crippen LogP contribution in [0.3, 0.4) is 0 Å². The molecular weight excluding hydrogens is 572 g/mol. The second-order valence-electron chi connectivity index (χ2n) is 12.8. The average molecular weight is 619 g/mol. The van der Waals surface area contributed by atoms with Gasteiger partial charge in [-0.05, 0) is 81.6 Å². The van der Waals surface area contributed by atoms with Crippen LogP contribution in [0.2, 0.25) is 0 Å². The molecule has 45 heavy (non-hydrogen) atoms. The van der Waals surface area contributed by atoms with Gasteiger partial charge in [0.25, 0.3) is 0 Å². The summed E-state index contributed by atoms with van der Waals surface area (Å²) in [6.07, 6.45) is 5.45. The summed E-state index contributed by atoms with van der Waals surface area (Å²) in [7, 11) is 0. The zero-order valence-electron chi connectivity index (χ0n) is 26.9. The van der Waals surface area contributed by atoms with E-state index < -0.39 is 0 Å². The lowest BCUT2D eigenvalue weighted by Gasteiger charge is -2.33. The van der Waals surface area contributed by atoms with Gasteiger partial charge in [-0.25, -0.2) is 0 Å². The lowest BCUT2D eigenvalue weighted by Crippen LogP contribution is -2.23. The third-order valence-electron chi connectivity index (χ3n) is 10.1. The summed E-state index contributed by atoms with van der Waals surface area (Å²) in [5.41, 5.74) is 7.36. The molecule has 0 unspecified atom stereocenters. The van der Waals surface area contributed by atoms with Crippen LogP contribution in [0.25, 0.3) is 0 Å². The van der Waals surface area contributed by atoms with Crippen LogP contribution in [-0.2, 0) is 19.4 Å². The maximum Gasteiger partial charge on any atom is 0.231 e. The van der Waals surface area contributed by atoms with E-state index in [0.29, 0.717) is 36.4 Å².